The fourth-order valence-electron chi connectivity index (χ4n) is 2.59. The molecule has 1 aliphatic carbocycles. The molecule has 0 unspecified atom stereocenters. The number of nitrogens with two attached hydrogens (primary N) is 1. The minimum absolute atomic E-state index is 0.542. The second kappa shape index (κ2) is 6.82. The molecule has 2 N–H and O–H groups in total. The molecule has 1 aliphatic rings. The van der Waals surface area contributed by atoms with Gasteiger partial charge in [0.25, 0.3) is 0 Å². The molecule has 22 heavy (non-hydrogen) atoms. The molecule has 2 aromatic rings. The molecule has 0 amide bonds. The molecule has 0 bridgehead atoms. The first-order valence-corrected chi connectivity index (χ1v) is 8.40. The molecule has 1 saturated carbocycles. The summed E-state index contributed by atoms with van der Waals surface area (Å²) in [5, 5.41) is 6.20. The average molecular weight is 336 g/mol. The van der Waals surface area contributed by atoms with Gasteiger partial charge >= 0.3 is 0 Å². The lowest BCUT2D eigenvalue weighted by Gasteiger charge is -2.11. The van der Waals surface area contributed by atoms with E-state index in [0.29, 0.717) is 35.0 Å². The summed E-state index contributed by atoms with van der Waals surface area (Å²) in [5.41, 5.74) is 1.35. The lowest BCUT2D eigenvalue weighted by atomic mass is 10.1. The molecule has 0 spiro atoms. The van der Waals surface area contributed by atoms with E-state index in [1.807, 2.05) is 6.07 Å². The van der Waals surface area contributed by atoms with E-state index in [4.69, 9.17) is 26.2 Å². The van der Waals surface area contributed by atoms with Crippen LogP contribution in [0.3, 0.4) is 0 Å². The van der Waals surface area contributed by atoms with Crippen molar-refractivity contribution in [1.29, 1.82) is 0 Å². The van der Waals surface area contributed by atoms with Crippen molar-refractivity contribution < 1.29 is 9.47 Å². The van der Waals surface area contributed by atoms with Gasteiger partial charge in [0.1, 0.15) is 0 Å². The third-order valence-electron chi connectivity index (χ3n) is 3.95. The quantitative estimate of drug-likeness (QED) is 0.789. The van der Waals surface area contributed by atoms with Crippen LogP contribution in [0.1, 0.15) is 17.9 Å². The van der Waals surface area contributed by atoms with Crippen molar-refractivity contribution in [2.75, 3.05) is 13.7 Å². The molecule has 0 heterocycles. The van der Waals surface area contributed by atoms with Crippen LogP contribution in [0.15, 0.2) is 47.4 Å². The Morgan fingerprint density at radius 3 is 2.64 bits per heavy atom. The SMILES string of the molecule is COc1ccc(Cl)cc1OC[C@@H]1C[C@H]1c1ccc(SN)cc1. The molecule has 0 aliphatic heterocycles. The Labute approximate surface area is 139 Å². The number of hydrogen-bond donors (Lipinski definition) is 1. The lowest BCUT2D eigenvalue weighted by molar-refractivity contribution is 0.278. The zero-order chi connectivity index (χ0) is 15.5. The molecule has 0 aromatic heterocycles. The number of rotatable bonds is 6. The number of halogens is 1. The summed E-state index contributed by atoms with van der Waals surface area (Å²) < 4.78 is 11.2. The van der Waals surface area contributed by atoms with Gasteiger partial charge in [-0.25, -0.2) is 0 Å². The van der Waals surface area contributed by atoms with Crippen LogP contribution in [0.25, 0.3) is 0 Å². The molecule has 2 aromatic carbocycles. The Bertz CT molecular complexity index is 648. The third kappa shape index (κ3) is 3.51. The molecule has 2 atom stereocenters. The predicted octanol–water partition coefficient (Wildman–Crippen LogP) is 4.50. The highest BCUT2D eigenvalue weighted by Gasteiger charge is 2.38. The minimum Gasteiger partial charge on any atom is -0.493 e. The van der Waals surface area contributed by atoms with E-state index < -0.39 is 0 Å². The van der Waals surface area contributed by atoms with Crippen LogP contribution < -0.4 is 14.6 Å². The summed E-state index contributed by atoms with van der Waals surface area (Å²) in [6.07, 6.45) is 1.15. The first-order chi connectivity index (χ1) is 10.7. The van der Waals surface area contributed by atoms with Crippen LogP contribution in [0.2, 0.25) is 5.02 Å². The van der Waals surface area contributed by atoms with Crippen molar-refractivity contribution in [1.82, 2.24) is 0 Å². The number of methoxy groups -OCH3 is 1. The van der Waals surface area contributed by atoms with Gasteiger partial charge in [0.2, 0.25) is 0 Å². The van der Waals surface area contributed by atoms with E-state index in [1.165, 1.54) is 17.5 Å². The largest absolute Gasteiger partial charge is 0.493 e. The van der Waals surface area contributed by atoms with Crippen molar-refractivity contribution in [3.05, 3.63) is 53.1 Å². The minimum atomic E-state index is 0.542. The number of hydrogen-bond acceptors (Lipinski definition) is 4. The van der Waals surface area contributed by atoms with Gasteiger partial charge in [-0.05, 0) is 54.1 Å². The fraction of sp³-hybridized carbons (Fsp3) is 0.294. The van der Waals surface area contributed by atoms with Crippen LogP contribution >= 0.6 is 23.5 Å². The summed E-state index contributed by atoms with van der Waals surface area (Å²) in [5.74, 6) is 2.53. The van der Waals surface area contributed by atoms with Crippen LogP contribution in [0.5, 0.6) is 11.5 Å². The first-order valence-electron chi connectivity index (χ1n) is 7.14. The van der Waals surface area contributed by atoms with Crippen LogP contribution in [-0.2, 0) is 0 Å². The topological polar surface area (TPSA) is 44.5 Å². The third-order valence-corrected chi connectivity index (χ3v) is 4.72. The van der Waals surface area contributed by atoms with Crippen LogP contribution in [0, 0.1) is 5.92 Å². The van der Waals surface area contributed by atoms with Crippen molar-refractivity contribution in [2.24, 2.45) is 11.1 Å². The Hall–Kier alpha value is -1.36. The zero-order valence-corrected chi connectivity index (χ0v) is 13.9. The van der Waals surface area contributed by atoms with Crippen molar-refractivity contribution in [2.45, 2.75) is 17.2 Å². The monoisotopic (exact) mass is 335 g/mol. The maximum Gasteiger partial charge on any atom is 0.162 e. The Morgan fingerprint density at radius 2 is 1.95 bits per heavy atom. The summed E-state index contributed by atoms with van der Waals surface area (Å²) in [7, 11) is 1.63. The highest BCUT2D eigenvalue weighted by Crippen LogP contribution is 2.48. The Kier molecular flexibility index (Phi) is 4.81. The second-order valence-corrected chi connectivity index (χ2v) is 6.54. The highest BCUT2D eigenvalue weighted by atomic mass is 35.5. The first kappa shape index (κ1) is 15.5. The Morgan fingerprint density at radius 1 is 1.18 bits per heavy atom. The molecular weight excluding hydrogens is 318 g/mol. The molecule has 5 heteroatoms. The molecule has 1 fully saturated rings. The van der Waals surface area contributed by atoms with E-state index in [1.54, 1.807) is 19.2 Å². The Balaban J connectivity index is 1.58. The predicted molar refractivity (Wildman–Crippen MR) is 90.8 cm³/mol. The van der Waals surface area contributed by atoms with Gasteiger partial charge < -0.3 is 9.47 Å². The van der Waals surface area contributed by atoms with Crippen molar-refractivity contribution in [3.8, 4) is 11.5 Å². The summed E-state index contributed by atoms with van der Waals surface area (Å²) in [6.45, 7) is 0.675. The molecular formula is C17H18ClNO2S. The smallest absolute Gasteiger partial charge is 0.162 e. The van der Waals surface area contributed by atoms with Gasteiger partial charge in [-0.15, -0.1) is 0 Å². The van der Waals surface area contributed by atoms with Gasteiger partial charge in [0.05, 0.1) is 13.7 Å². The second-order valence-electron chi connectivity index (χ2n) is 5.40. The lowest BCUT2D eigenvalue weighted by Crippen LogP contribution is -2.02. The van der Waals surface area contributed by atoms with E-state index in [-0.39, 0.29) is 0 Å². The zero-order valence-electron chi connectivity index (χ0n) is 12.3. The molecule has 0 saturated heterocycles. The highest BCUT2D eigenvalue weighted by molar-refractivity contribution is 7.97. The molecule has 3 rings (SSSR count). The van der Waals surface area contributed by atoms with E-state index in [9.17, 15) is 0 Å². The van der Waals surface area contributed by atoms with E-state index in [2.05, 4.69) is 24.3 Å². The van der Waals surface area contributed by atoms with Crippen LogP contribution in [-0.4, -0.2) is 13.7 Å². The van der Waals surface area contributed by atoms with Crippen molar-refractivity contribution >= 4 is 23.5 Å². The van der Waals surface area contributed by atoms with Gasteiger partial charge in [-0.2, -0.15) is 0 Å². The number of benzene rings is 2. The molecule has 3 nitrogen and oxygen atoms in total. The van der Waals surface area contributed by atoms with Gasteiger partial charge in [-0.1, -0.05) is 23.7 Å². The molecule has 116 valence electrons. The summed E-state index contributed by atoms with van der Waals surface area (Å²) in [6, 6.07) is 13.9. The maximum absolute atomic E-state index is 6.01. The number of ether oxygens (including phenoxy) is 2. The average Bonchev–Trinajstić information content (AvgIpc) is 3.33. The fourth-order valence-corrected chi connectivity index (χ4v) is 3.05. The van der Waals surface area contributed by atoms with Crippen molar-refractivity contribution in [3.63, 3.8) is 0 Å². The normalized spacial score (nSPS) is 19.8. The van der Waals surface area contributed by atoms with Gasteiger partial charge in [0, 0.05) is 21.9 Å². The molecule has 0 radical (unpaired) electrons. The summed E-state index contributed by atoms with van der Waals surface area (Å²) >= 11 is 7.28. The summed E-state index contributed by atoms with van der Waals surface area (Å²) in [4.78, 5) is 1.08. The maximum atomic E-state index is 6.01. The standard InChI is InChI=1S/C17H18ClNO2S/c1-20-16-7-4-13(18)9-17(16)21-10-12-8-15(12)11-2-5-14(22-19)6-3-11/h2-7,9,12,15H,8,10,19H2,1H3/t12-,15-/m0/s1. The van der Waals surface area contributed by atoms with Gasteiger partial charge in [0.15, 0.2) is 11.5 Å². The van der Waals surface area contributed by atoms with Crippen LogP contribution in [0.4, 0.5) is 0 Å². The van der Waals surface area contributed by atoms with Gasteiger partial charge in [-0.3, -0.25) is 5.14 Å². The van der Waals surface area contributed by atoms with E-state index >= 15 is 0 Å². The van der Waals surface area contributed by atoms with E-state index in [0.717, 1.165) is 11.3 Å².